The highest BCUT2D eigenvalue weighted by atomic mass is 16.6. The average Bonchev–Trinajstić information content (AvgIpc) is 2.98. The van der Waals surface area contributed by atoms with E-state index in [4.69, 9.17) is 4.42 Å². The number of carbonyl (C=O) groups is 1. The average molecular weight is 290 g/mol. The lowest BCUT2D eigenvalue weighted by molar-refractivity contribution is -0.385. The third kappa shape index (κ3) is 3.56. The molecule has 2 heterocycles. The van der Waals surface area contributed by atoms with Crippen LogP contribution in [0.25, 0.3) is 0 Å². The van der Waals surface area contributed by atoms with Gasteiger partial charge in [-0.3, -0.25) is 14.9 Å². The molecule has 0 spiro atoms. The van der Waals surface area contributed by atoms with Gasteiger partial charge >= 0.3 is 0 Å². The van der Waals surface area contributed by atoms with Crippen molar-refractivity contribution in [2.24, 2.45) is 0 Å². The first-order valence-corrected chi connectivity index (χ1v) is 6.29. The van der Waals surface area contributed by atoms with Crippen molar-refractivity contribution in [2.45, 2.75) is 13.5 Å². The number of nitro groups is 1. The Morgan fingerprint density at radius 3 is 2.95 bits per heavy atom. The van der Waals surface area contributed by atoms with Gasteiger partial charge in [0.2, 0.25) is 0 Å². The maximum Gasteiger partial charge on any atom is 0.288 e. The molecule has 21 heavy (non-hydrogen) atoms. The molecule has 0 bridgehead atoms. The van der Waals surface area contributed by atoms with Crippen LogP contribution in [0.1, 0.15) is 22.8 Å². The fourth-order valence-electron chi connectivity index (χ4n) is 1.71. The number of rotatable bonds is 6. The van der Waals surface area contributed by atoms with Crippen molar-refractivity contribution in [3.63, 3.8) is 0 Å². The van der Waals surface area contributed by atoms with Crippen LogP contribution in [0.4, 0.5) is 11.5 Å². The van der Waals surface area contributed by atoms with Crippen LogP contribution in [0.5, 0.6) is 0 Å². The van der Waals surface area contributed by atoms with E-state index in [1.54, 1.807) is 6.07 Å². The zero-order valence-electron chi connectivity index (χ0n) is 11.3. The lowest BCUT2D eigenvalue weighted by Gasteiger charge is -2.09. The van der Waals surface area contributed by atoms with Crippen molar-refractivity contribution in [3.05, 3.63) is 52.1 Å². The van der Waals surface area contributed by atoms with Crippen LogP contribution < -0.4 is 10.6 Å². The third-order valence-electron chi connectivity index (χ3n) is 2.71. The molecule has 0 aliphatic carbocycles. The number of pyridine rings is 1. The zero-order valence-corrected chi connectivity index (χ0v) is 11.3. The lowest BCUT2D eigenvalue weighted by atomic mass is 10.2. The van der Waals surface area contributed by atoms with Crippen LogP contribution in [0.15, 0.2) is 35.3 Å². The number of aromatic nitrogens is 1. The van der Waals surface area contributed by atoms with E-state index in [0.717, 1.165) is 11.8 Å². The summed E-state index contributed by atoms with van der Waals surface area (Å²) in [5.41, 5.74) is 0.700. The maximum absolute atomic E-state index is 12.2. The Balaban J connectivity index is 2.20. The third-order valence-corrected chi connectivity index (χ3v) is 2.71. The van der Waals surface area contributed by atoms with Gasteiger partial charge in [-0.15, -0.1) is 0 Å². The summed E-state index contributed by atoms with van der Waals surface area (Å²) in [5.74, 6) is -0.129. The minimum atomic E-state index is -0.588. The van der Waals surface area contributed by atoms with Gasteiger partial charge in [-0.1, -0.05) is 0 Å². The first-order chi connectivity index (χ1) is 10.1. The van der Waals surface area contributed by atoms with Crippen LogP contribution in [0.2, 0.25) is 0 Å². The molecular weight excluding hydrogens is 276 g/mol. The second-order valence-electron chi connectivity index (χ2n) is 4.19. The molecule has 2 N–H and O–H groups in total. The molecule has 0 unspecified atom stereocenters. The summed E-state index contributed by atoms with van der Waals surface area (Å²) in [7, 11) is 0. The monoisotopic (exact) mass is 290 g/mol. The first kappa shape index (κ1) is 14.5. The number of anilines is 1. The maximum atomic E-state index is 12.2. The van der Waals surface area contributed by atoms with E-state index >= 15 is 0 Å². The number of furan rings is 1. The molecule has 110 valence electrons. The van der Waals surface area contributed by atoms with E-state index in [-0.39, 0.29) is 17.8 Å². The van der Waals surface area contributed by atoms with Gasteiger partial charge in [0, 0.05) is 24.7 Å². The number of amides is 1. The molecule has 8 heteroatoms. The van der Waals surface area contributed by atoms with Crippen molar-refractivity contribution in [1.82, 2.24) is 10.3 Å². The molecule has 0 saturated heterocycles. The first-order valence-electron chi connectivity index (χ1n) is 6.29. The Morgan fingerprint density at radius 2 is 2.33 bits per heavy atom. The number of hydrogen-bond acceptors (Lipinski definition) is 6. The highest BCUT2D eigenvalue weighted by Crippen LogP contribution is 2.19. The van der Waals surface area contributed by atoms with Crippen LogP contribution >= 0.6 is 0 Å². The Bertz CT molecular complexity index is 640. The van der Waals surface area contributed by atoms with Gasteiger partial charge in [-0.25, -0.2) is 4.98 Å². The summed E-state index contributed by atoms with van der Waals surface area (Å²) >= 11 is 0. The normalized spacial score (nSPS) is 10.1. The Labute approximate surface area is 120 Å². The Morgan fingerprint density at radius 1 is 1.52 bits per heavy atom. The van der Waals surface area contributed by atoms with Gasteiger partial charge in [-0.05, 0) is 13.0 Å². The largest absolute Gasteiger partial charge is 0.472 e. The standard InChI is InChI=1S/C13H14N4O4/c1-2-14-12-11(5-10(7-15-12)17(19)20)13(18)16-6-9-3-4-21-8-9/h3-5,7-8H,2,6H2,1H3,(H,14,15)(H,16,18). The molecule has 0 saturated carbocycles. The van der Waals surface area contributed by atoms with Gasteiger partial charge in [0.15, 0.2) is 0 Å². The second kappa shape index (κ2) is 6.51. The van der Waals surface area contributed by atoms with Crippen LogP contribution in [0, 0.1) is 10.1 Å². The van der Waals surface area contributed by atoms with E-state index in [0.29, 0.717) is 12.4 Å². The zero-order chi connectivity index (χ0) is 15.2. The molecule has 0 aliphatic heterocycles. The summed E-state index contributed by atoms with van der Waals surface area (Å²) in [4.78, 5) is 26.3. The predicted molar refractivity (Wildman–Crippen MR) is 74.9 cm³/mol. The fraction of sp³-hybridized carbons (Fsp3) is 0.231. The minimum Gasteiger partial charge on any atom is -0.472 e. The smallest absolute Gasteiger partial charge is 0.288 e. The van der Waals surface area contributed by atoms with E-state index in [1.165, 1.54) is 18.6 Å². The fourth-order valence-corrected chi connectivity index (χ4v) is 1.71. The Hall–Kier alpha value is -2.90. The topological polar surface area (TPSA) is 110 Å². The molecule has 0 radical (unpaired) electrons. The molecule has 0 atom stereocenters. The molecule has 2 aromatic rings. The van der Waals surface area contributed by atoms with Gasteiger partial charge in [0.25, 0.3) is 11.6 Å². The highest BCUT2D eigenvalue weighted by Gasteiger charge is 2.17. The quantitative estimate of drug-likeness (QED) is 0.621. The van der Waals surface area contributed by atoms with E-state index in [1.807, 2.05) is 6.92 Å². The van der Waals surface area contributed by atoms with Crippen molar-refractivity contribution in [2.75, 3.05) is 11.9 Å². The molecule has 2 rings (SSSR count). The van der Waals surface area contributed by atoms with E-state index in [2.05, 4.69) is 15.6 Å². The number of nitrogens with zero attached hydrogens (tertiary/aromatic N) is 2. The predicted octanol–water partition coefficient (Wildman–Crippen LogP) is 1.94. The summed E-state index contributed by atoms with van der Waals surface area (Å²) in [6, 6.07) is 2.92. The van der Waals surface area contributed by atoms with Gasteiger partial charge < -0.3 is 15.1 Å². The van der Waals surface area contributed by atoms with Crippen molar-refractivity contribution < 1.29 is 14.1 Å². The minimum absolute atomic E-state index is 0.134. The van der Waals surface area contributed by atoms with Gasteiger partial charge in [0.1, 0.15) is 12.0 Å². The van der Waals surface area contributed by atoms with Gasteiger partial charge in [-0.2, -0.15) is 0 Å². The van der Waals surface area contributed by atoms with Crippen molar-refractivity contribution >= 4 is 17.4 Å². The van der Waals surface area contributed by atoms with E-state index in [9.17, 15) is 14.9 Å². The molecule has 8 nitrogen and oxygen atoms in total. The van der Waals surface area contributed by atoms with Crippen molar-refractivity contribution in [1.29, 1.82) is 0 Å². The molecule has 0 fully saturated rings. The summed E-state index contributed by atoms with van der Waals surface area (Å²) in [5, 5.41) is 16.4. The lowest BCUT2D eigenvalue weighted by Crippen LogP contribution is -2.24. The van der Waals surface area contributed by atoms with E-state index < -0.39 is 10.8 Å². The Kier molecular flexibility index (Phi) is 4.50. The van der Waals surface area contributed by atoms with Crippen LogP contribution in [-0.2, 0) is 6.54 Å². The molecule has 1 amide bonds. The van der Waals surface area contributed by atoms with Crippen molar-refractivity contribution in [3.8, 4) is 0 Å². The molecule has 0 aromatic carbocycles. The summed E-state index contributed by atoms with van der Waals surface area (Å²) < 4.78 is 4.90. The number of hydrogen-bond donors (Lipinski definition) is 2. The summed E-state index contributed by atoms with van der Waals surface area (Å²) in [6.45, 7) is 2.66. The molecular formula is C13H14N4O4. The van der Waals surface area contributed by atoms with Gasteiger partial charge in [0.05, 0.1) is 23.0 Å². The number of nitrogens with one attached hydrogen (secondary N) is 2. The highest BCUT2D eigenvalue weighted by molar-refractivity contribution is 5.99. The molecule has 2 aromatic heterocycles. The second-order valence-corrected chi connectivity index (χ2v) is 4.19. The summed E-state index contributed by atoms with van der Waals surface area (Å²) in [6.07, 6.45) is 4.13. The molecule has 0 aliphatic rings. The van der Waals surface area contributed by atoms with Crippen LogP contribution in [-0.4, -0.2) is 22.4 Å². The SMILES string of the molecule is CCNc1ncc([N+](=O)[O-])cc1C(=O)NCc1ccoc1. The number of carbonyl (C=O) groups excluding carboxylic acids is 1. The van der Waals surface area contributed by atoms with Crippen LogP contribution in [0.3, 0.4) is 0 Å².